The van der Waals surface area contributed by atoms with Crippen LogP contribution in [0.2, 0.25) is 0 Å². The molecule has 1 aliphatic rings. The minimum Gasteiger partial charge on any atom is -0.497 e. The minimum atomic E-state index is -3.59. The van der Waals surface area contributed by atoms with Crippen LogP contribution in [0.1, 0.15) is 26.7 Å². The van der Waals surface area contributed by atoms with Crippen molar-refractivity contribution in [3.63, 3.8) is 0 Å². The highest BCUT2D eigenvalue weighted by Gasteiger charge is 2.31. The zero-order valence-corrected chi connectivity index (χ0v) is 17.2. The summed E-state index contributed by atoms with van der Waals surface area (Å²) in [4.78, 5) is 23.7. The van der Waals surface area contributed by atoms with Crippen molar-refractivity contribution in [2.75, 3.05) is 20.2 Å². The SMILES string of the molecule is COc1ccc(S(=O)(=O)N2CCC(NC(=O)C(NC(N)=O)C(C)C)CC2)cc1. The molecule has 1 aromatic rings. The number of urea groups is 1. The average molecular weight is 413 g/mol. The predicted molar refractivity (Wildman–Crippen MR) is 104 cm³/mol. The van der Waals surface area contributed by atoms with Gasteiger partial charge in [-0.15, -0.1) is 0 Å². The van der Waals surface area contributed by atoms with E-state index < -0.39 is 22.1 Å². The summed E-state index contributed by atoms with van der Waals surface area (Å²) in [6.45, 7) is 4.22. The Morgan fingerprint density at radius 2 is 1.75 bits per heavy atom. The average Bonchev–Trinajstić information content (AvgIpc) is 2.66. The van der Waals surface area contributed by atoms with Gasteiger partial charge in [0.2, 0.25) is 15.9 Å². The number of rotatable bonds is 7. The standard InChI is InChI=1S/C18H28N4O5S/c1-12(2)16(21-18(19)24)17(23)20-13-8-10-22(11-9-13)28(25,26)15-6-4-14(27-3)5-7-15/h4-7,12-13,16H,8-11H2,1-3H3,(H,20,23)(H3,19,21,24). The lowest BCUT2D eigenvalue weighted by Gasteiger charge is -2.33. The first-order valence-corrected chi connectivity index (χ1v) is 10.6. The van der Waals surface area contributed by atoms with Crippen molar-refractivity contribution in [3.05, 3.63) is 24.3 Å². The zero-order chi connectivity index (χ0) is 20.9. The Hall–Kier alpha value is -2.33. The summed E-state index contributed by atoms with van der Waals surface area (Å²) in [5.41, 5.74) is 5.13. The Balaban J connectivity index is 1.96. The Kier molecular flexibility index (Phi) is 7.25. The van der Waals surface area contributed by atoms with E-state index >= 15 is 0 Å². The molecule has 28 heavy (non-hydrogen) atoms. The lowest BCUT2D eigenvalue weighted by molar-refractivity contribution is -0.124. The summed E-state index contributed by atoms with van der Waals surface area (Å²) >= 11 is 0. The molecule has 1 unspecified atom stereocenters. The number of piperidine rings is 1. The zero-order valence-electron chi connectivity index (χ0n) is 16.3. The van der Waals surface area contributed by atoms with Crippen LogP contribution in [-0.4, -0.2) is 56.9 Å². The smallest absolute Gasteiger partial charge is 0.312 e. The van der Waals surface area contributed by atoms with E-state index in [0.717, 1.165) is 0 Å². The van der Waals surface area contributed by atoms with Crippen LogP contribution in [0.25, 0.3) is 0 Å². The number of hydrogen-bond donors (Lipinski definition) is 3. The fourth-order valence-electron chi connectivity index (χ4n) is 3.12. The summed E-state index contributed by atoms with van der Waals surface area (Å²) in [5, 5.41) is 5.33. The number of hydrogen-bond acceptors (Lipinski definition) is 5. The normalized spacial score (nSPS) is 17.1. The highest BCUT2D eigenvalue weighted by Crippen LogP contribution is 2.23. The molecule has 1 saturated heterocycles. The van der Waals surface area contributed by atoms with E-state index in [1.807, 2.05) is 13.8 Å². The molecule has 0 aromatic heterocycles. The molecule has 156 valence electrons. The maximum Gasteiger partial charge on any atom is 0.312 e. The number of nitrogens with two attached hydrogens (primary N) is 1. The topological polar surface area (TPSA) is 131 Å². The van der Waals surface area contributed by atoms with Crippen LogP contribution in [0.15, 0.2) is 29.2 Å². The summed E-state index contributed by atoms with van der Waals surface area (Å²) in [6, 6.07) is 4.61. The van der Waals surface area contributed by atoms with Gasteiger partial charge in [-0.3, -0.25) is 4.79 Å². The number of sulfonamides is 1. The molecule has 0 spiro atoms. The number of carbonyl (C=O) groups excluding carboxylic acids is 2. The number of carbonyl (C=O) groups is 2. The molecule has 3 amide bonds. The highest BCUT2D eigenvalue weighted by molar-refractivity contribution is 7.89. The molecule has 10 heteroatoms. The lowest BCUT2D eigenvalue weighted by atomic mass is 10.0. The van der Waals surface area contributed by atoms with Gasteiger partial charge in [-0.1, -0.05) is 13.8 Å². The summed E-state index contributed by atoms with van der Waals surface area (Å²) in [7, 11) is -2.07. The monoisotopic (exact) mass is 412 g/mol. The molecule has 9 nitrogen and oxygen atoms in total. The van der Waals surface area contributed by atoms with E-state index in [1.165, 1.54) is 23.5 Å². The Bertz CT molecular complexity index is 787. The van der Waals surface area contributed by atoms with Crippen molar-refractivity contribution >= 4 is 22.0 Å². The third kappa shape index (κ3) is 5.35. The van der Waals surface area contributed by atoms with Crippen LogP contribution < -0.4 is 21.1 Å². The number of nitrogens with one attached hydrogen (secondary N) is 2. The molecule has 1 fully saturated rings. The number of ether oxygens (including phenoxy) is 1. The first-order valence-electron chi connectivity index (χ1n) is 9.15. The molecule has 4 N–H and O–H groups in total. The van der Waals surface area contributed by atoms with E-state index in [-0.39, 0.29) is 22.8 Å². The van der Waals surface area contributed by atoms with Crippen LogP contribution in [-0.2, 0) is 14.8 Å². The van der Waals surface area contributed by atoms with Gasteiger partial charge in [0.1, 0.15) is 11.8 Å². The van der Waals surface area contributed by atoms with E-state index in [0.29, 0.717) is 31.7 Å². The number of primary amides is 1. The molecule has 1 atom stereocenters. The lowest BCUT2D eigenvalue weighted by Crippen LogP contribution is -2.55. The van der Waals surface area contributed by atoms with Crippen molar-refractivity contribution in [2.24, 2.45) is 11.7 Å². The molecule has 0 saturated carbocycles. The van der Waals surface area contributed by atoms with E-state index in [1.54, 1.807) is 12.1 Å². The molecule has 1 heterocycles. The van der Waals surface area contributed by atoms with Gasteiger partial charge in [0.05, 0.1) is 12.0 Å². The third-order valence-corrected chi connectivity index (χ3v) is 6.66. The van der Waals surface area contributed by atoms with Gasteiger partial charge in [-0.2, -0.15) is 4.31 Å². The van der Waals surface area contributed by atoms with Crippen molar-refractivity contribution < 1.29 is 22.7 Å². The molecule has 0 aliphatic carbocycles. The van der Waals surface area contributed by atoms with E-state index in [2.05, 4.69) is 10.6 Å². The van der Waals surface area contributed by atoms with Crippen LogP contribution in [0.4, 0.5) is 4.79 Å². The first-order chi connectivity index (χ1) is 13.1. The van der Waals surface area contributed by atoms with Gasteiger partial charge in [0.25, 0.3) is 0 Å². The van der Waals surface area contributed by atoms with Gasteiger partial charge in [-0.05, 0) is 43.0 Å². The summed E-state index contributed by atoms with van der Waals surface area (Å²) in [5.74, 6) is 0.151. The first kappa shape index (κ1) is 22.0. The summed E-state index contributed by atoms with van der Waals surface area (Å²) in [6.07, 6.45) is 0.977. The van der Waals surface area contributed by atoms with E-state index in [9.17, 15) is 18.0 Å². The highest BCUT2D eigenvalue weighted by atomic mass is 32.2. The van der Waals surface area contributed by atoms with Crippen molar-refractivity contribution in [1.82, 2.24) is 14.9 Å². The van der Waals surface area contributed by atoms with Gasteiger partial charge in [0.15, 0.2) is 0 Å². The fraction of sp³-hybridized carbons (Fsp3) is 0.556. The van der Waals surface area contributed by atoms with Crippen molar-refractivity contribution in [1.29, 1.82) is 0 Å². The maximum absolute atomic E-state index is 12.8. The second kappa shape index (κ2) is 9.24. The molecule has 2 rings (SSSR count). The van der Waals surface area contributed by atoms with Crippen molar-refractivity contribution in [3.8, 4) is 5.75 Å². The predicted octanol–water partition coefficient (Wildman–Crippen LogP) is 0.657. The van der Waals surface area contributed by atoms with Gasteiger partial charge >= 0.3 is 6.03 Å². The quantitative estimate of drug-likeness (QED) is 0.605. The van der Waals surface area contributed by atoms with Crippen LogP contribution in [0, 0.1) is 5.92 Å². The van der Waals surface area contributed by atoms with Gasteiger partial charge in [0, 0.05) is 19.1 Å². The largest absolute Gasteiger partial charge is 0.497 e. The number of amides is 3. The second-order valence-corrected chi connectivity index (χ2v) is 9.03. The Morgan fingerprint density at radius 3 is 2.21 bits per heavy atom. The number of nitrogens with zero attached hydrogens (tertiary/aromatic N) is 1. The molecular formula is C18H28N4O5S. The summed E-state index contributed by atoms with van der Waals surface area (Å²) < 4.78 is 32.0. The van der Waals surface area contributed by atoms with Crippen LogP contribution in [0.3, 0.4) is 0 Å². The molecule has 1 aliphatic heterocycles. The van der Waals surface area contributed by atoms with Gasteiger partial charge < -0.3 is 21.1 Å². The van der Waals surface area contributed by atoms with Crippen LogP contribution in [0.5, 0.6) is 5.75 Å². The van der Waals surface area contributed by atoms with Crippen LogP contribution >= 0.6 is 0 Å². The fourth-order valence-corrected chi connectivity index (χ4v) is 4.59. The number of methoxy groups -OCH3 is 1. The van der Waals surface area contributed by atoms with E-state index in [4.69, 9.17) is 10.5 Å². The minimum absolute atomic E-state index is 0.122. The number of benzene rings is 1. The Labute approximate surface area is 165 Å². The molecule has 0 bridgehead atoms. The maximum atomic E-state index is 12.8. The Morgan fingerprint density at radius 1 is 1.18 bits per heavy atom. The molecule has 1 aromatic carbocycles. The van der Waals surface area contributed by atoms with Crippen molar-refractivity contribution in [2.45, 2.75) is 43.7 Å². The molecular weight excluding hydrogens is 384 g/mol. The van der Waals surface area contributed by atoms with Gasteiger partial charge in [-0.25, -0.2) is 13.2 Å². The molecule has 0 radical (unpaired) electrons. The third-order valence-electron chi connectivity index (χ3n) is 4.74. The second-order valence-electron chi connectivity index (χ2n) is 7.09.